The first-order valence-electron chi connectivity index (χ1n) is 7.49. The van der Waals surface area contributed by atoms with E-state index in [1.54, 1.807) is 0 Å². The molecule has 1 unspecified atom stereocenters. The third kappa shape index (κ3) is 5.38. The van der Waals surface area contributed by atoms with E-state index in [9.17, 15) is 9.90 Å². The van der Waals surface area contributed by atoms with Crippen LogP contribution in [-0.2, 0) is 4.79 Å². The van der Waals surface area contributed by atoms with Gasteiger partial charge in [-0.15, -0.1) is 0 Å². The smallest absolute Gasteiger partial charge is 0.307 e. The largest absolute Gasteiger partial charge is 0.481 e. The van der Waals surface area contributed by atoms with Gasteiger partial charge in [-0.2, -0.15) is 0 Å². The minimum Gasteiger partial charge on any atom is -0.481 e. The number of carbonyl (C=O) groups is 1. The van der Waals surface area contributed by atoms with Crippen molar-refractivity contribution in [1.82, 2.24) is 5.32 Å². The summed E-state index contributed by atoms with van der Waals surface area (Å²) in [6.45, 7) is 7.07. The molecule has 0 aromatic carbocycles. The van der Waals surface area contributed by atoms with Gasteiger partial charge in [0.1, 0.15) is 0 Å². The lowest BCUT2D eigenvalue weighted by molar-refractivity contribution is -0.142. The van der Waals surface area contributed by atoms with E-state index < -0.39 is 5.97 Å². The number of nitrogens with one attached hydrogen (secondary N) is 1. The summed E-state index contributed by atoms with van der Waals surface area (Å²) < 4.78 is 0. The normalized spacial score (nSPS) is 26.2. The fourth-order valence-electron chi connectivity index (χ4n) is 2.92. The van der Waals surface area contributed by atoms with E-state index in [2.05, 4.69) is 26.1 Å². The summed E-state index contributed by atoms with van der Waals surface area (Å²) in [4.78, 5) is 11.2. The second kappa shape index (κ2) is 7.78. The lowest BCUT2D eigenvalue weighted by Crippen LogP contribution is -2.38. The van der Waals surface area contributed by atoms with Crippen LogP contribution < -0.4 is 5.32 Å². The Kier molecular flexibility index (Phi) is 6.69. The van der Waals surface area contributed by atoms with Crippen LogP contribution in [0.4, 0.5) is 0 Å². The molecule has 106 valence electrons. The molecule has 1 saturated carbocycles. The average molecular weight is 255 g/mol. The van der Waals surface area contributed by atoms with Gasteiger partial charge < -0.3 is 10.4 Å². The number of rotatable bonds is 7. The van der Waals surface area contributed by atoms with Crippen molar-refractivity contribution >= 4 is 5.97 Å². The Morgan fingerprint density at radius 3 is 2.33 bits per heavy atom. The standard InChI is InChI=1S/C15H29NO2/c1-4-12-5-7-14(8-6-12)16-10-13(15(17)18)9-11(2)3/h11-14,16H,4-10H2,1-3H3,(H,17,18). The van der Waals surface area contributed by atoms with E-state index in [4.69, 9.17) is 0 Å². The molecule has 1 rings (SSSR count). The minimum atomic E-state index is -0.654. The van der Waals surface area contributed by atoms with E-state index in [0.29, 0.717) is 18.5 Å². The molecule has 0 heterocycles. The molecule has 0 bridgehead atoms. The van der Waals surface area contributed by atoms with Crippen molar-refractivity contribution in [2.75, 3.05) is 6.54 Å². The highest BCUT2D eigenvalue weighted by Crippen LogP contribution is 2.26. The van der Waals surface area contributed by atoms with Crippen LogP contribution in [0.15, 0.2) is 0 Å². The van der Waals surface area contributed by atoms with Crippen molar-refractivity contribution in [2.24, 2.45) is 17.8 Å². The van der Waals surface area contributed by atoms with Gasteiger partial charge in [-0.3, -0.25) is 4.79 Å². The molecule has 0 spiro atoms. The average Bonchev–Trinajstić information content (AvgIpc) is 2.34. The third-order valence-corrected chi connectivity index (χ3v) is 4.18. The molecule has 3 nitrogen and oxygen atoms in total. The summed E-state index contributed by atoms with van der Waals surface area (Å²) in [5, 5.41) is 12.7. The number of hydrogen-bond acceptors (Lipinski definition) is 2. The van der Waals surface area contributed by atoms with Crippen molar-refractivity contribution in [1.29, 1.82) is 0 Å². The van der Waals surface area contributed by atoms with Crippen molar-refractivity contribution in [2.45, 2.75) is 65.3 Å². The Labute approximate surface area is 111 Å². The summed E-state index contributed by atoms with van der Waals surface area (Å²) in [6, 6.07) is 0.543. The first-order chi connectivity index (χ1) is 8.52. The number of carboxylic acids is 1. The van der Waals surface area contributed by atoms with Crippen LogP contribution >= 0.6 is 0 Å². The van der Waals surface area contributed by atoms with Gasteiger partial charge in [0.05, 0.1) is 5.92 Å². The molecule has 0 aromatic heterocycles. The van der Waals surface area contributed by atoms with Gasteiger partial charge in [-0.25, -0.2) is 0 Å². The molecule has 2 N–H and O–H groups in total. The Bertz CT molecular complexity index is 245. The number of aliphatic carboxylic acids is 1. The number of hydrogen-bond donors (Lipinski definition) is 2. The topological polar surface area (TPSA) is 49.3 Å². The zero-order chi connectivity index (χ0) is 13.5. The van der Waals surface area contributed by atoms with Crippen molar-refractivity contribution in [3.8, 4) is 0 Å². The van der Waals surface area contributed by atoms with Crippen LogP contribution in [0.2, 0.25) is 0 Å². The van der Waals surface area contributed by atoms with Gasteiger partial charge in [-0.1, -0.05) is 27.2 Å². The SMILES string of the molecule is CCC1CCC(NCC(CC(C)C)C(=O)O)CC1. The molecule has 1 fully saturated rings. The Hall–Kier alpha value is -0.570. The molecule has 1 aliphatic rings. The first kappa shape index (κ1) is 15.5. The highest BCUT2D eigenvalue weighted by atomic mass is 16.4. The van der Waals surface area contributed by atoms with Crippen molar-refractivity contribution in [3.05, 3.63) is 0 Å². The van der Waals surface area contributed by atoms with Gasteiger partial charge in [-0.05, 0) is 43.9 Å². The summed E-state index contributed by atoms with van der Waals surface area (Å²) in [6.07, 6.45) is 7.09. The maximum absolute atomic E-state index is 11.2. The van der Waals surface area contributed by atoms with Crippen LogP contribution in [0.3, 0.4) is 0 Å². The summed E-state index contributed by atoms with van der Waals surface area (Å²) >= 11 is 0. The maximum Gasteiger partial charge on any atom is 0.307 e. The van der Waals surface area contributed by atoms with Crippen LogP contribution in [0.25, 0.3) is 0 Å². The van der Waals surface area contributed by atoms with Crippen LogP contribution in [0.1, 0.15) is 59.3 Å². The Morgan fingerprint density at radius 1 is 1.28 bits per heavy atom. The number of carboxylic acid groups (broad SMARTS) is 1. The fraction of sp³-hybridized carbons (Fsp3) is 0.933. The fourth-order valence-corrected chi connectivity index (χ4v) is 2.92. The molecule has 1 atom stereocenters. The second-order valence-electron chi connectivity index (χ2n) is 6.20. The molecule has 0 aliphatic heterocycles. The van der Waals surface area contributed by atoms with E-state index in [-0.39, 0.29) is 5.92 Å². The van der Waals surface area contributed by atoms with E-state index in [1.165, 1.54) is 32.1 Å². The van der Waals surface area contributed by atoms with Crippen LogP contribution in [-0.4, -0.2) is 23.7 Å². The van der Waals surface area contributed by atoms with Crippen molar-refractivity contribution in [3.63, 3.8) is 0 Å². The molecule has 1 aliphatic carbocycles. The Morgan fingerprint density at radius 2 is 1.89 bits per heavy atom. The van der Waals surface area contributed by atoms with Crippen molar-refractivity contribution < 1.29 is 9.90 Å². The lowest BCUT2D eigenvalue weighted by atomic mass is 9.84. The Balaban J connectivity index is 2.28. The molecule has 18 heavy (non-hydrogen) atoms. The van der Waals surface area contributed by atoms with E-state index in [0.717, 1.165) is 12.3 Å². The minimum absolute atomic E-state index is 0.228. The zero-order valence-electron chi connectivity index (χ0n) is 12.1. The second-order valence-corrected chi connectivity index (χ2v) is 6.20. The van der Waals surface area contributed by atoms with Gasteiger partial charge in [0, 0.05) is 12.6 Å². The van der Waals surface area contributed by atoms with Gasteiger partial charge in [0.25, 0.3) is 0 Å². The molecule has 0 radical (unpaired) electrons. The van der Waals surface area contributed by atoms with E-state index in [1.807, 2.05) is 0 Å². The quantitative estimate of drug-likeness (QED) is 0.734. The molecule has 0 amide bonds. The van der Waals surface area contributed by atoms with Gasteiger partial charge >= 0.3 is 5.97 Å². The summed E-state index contributed by atoms with van der Waals surface area (Å²) in [5.41, 5.74) is 0. The maximum atomic E-state index is 11.2. The van der Waals surface area contributed by atoms with Gasteiger partial charge in [0.15, 0.2) is 0 Å². The summed E-state index contributed by atoms with van der Waals surface area (Å²) in [5.74, 6) is 0.463. The van der Waals surface area contributed by atoms with Gasteiger partial charge in [0.2, 0.25) is 0 Å². The zero-order valence-corrected chi connectivity index (χ0v) is 12.1. The lowest BCUT2D eigenvalue weighted by Gasteiger charge is -2.29. The summed E-state index contributed by atoms with van der Waals surface area (Å²) in [7, 11) is 0. The predicted molar refractivity (Wildman–Crippen MR) is 74.6 cm³/mol. The molecular formula is C15H29NO2. The first-order valence-corrected chi connectivity index (χ1v) is 7.49. The molecule has 0 saturated heterocycles. The third-order valence-electron chi connectivity index (χ3n) is 4.18. The van der Waals surface area contributed by atoms with E-state index >= 15 is 0 Å². The molecular weight excluding hydrogens is 226 g/mol. The van der Waals surface area contributed by atoms with Crippen LogP contribution in [0.5, 0.6) is 0 Å². The predicted octanol–water partition coefficient (Wildman–Crippen LogP) is 3.29. The monoisotopic (exact) mass is 255 g/mol. The molecule has 0 aromatic rings. The highest BCUT2D eigenvalue weighted by molar-refractivity contribution is 5.70. The highest BCUT2D eigenvalue weighted by Gasteiger charge is 2.23. The molecule has 3 heteroatoms. The van der Waals surface area contributed by atoms with Crippen LogP contribution in [0, 0.1) is 17.8 Å².